The summed E-state index contributed by atoms with van der Waals surface area (Å²) in [6, 6.07) is 8.19. The molecule has 1 unspecified atom stereocenters. The smallest absolute Gasteiger partial charge is 0.0453 e. The summed E-state index contributed by atoms with van der Waals surface area (Å²) < 4.78 is 0. The van der Waals surface area contributed by atoms with Gasteiger partial charge >= 0.3 is 0 Å². The Morgan fingerprint density at radius 1 is 1.40 bits per heavy atom. The van der Waals surface area contributed by atoms with Crippen LogP contribution in [0.15, 0.2) is 24.3 Å². The number of benzene rings is 1. The topological polar surface area (TPSA) is 12.0 Å². The van der Waals surface area contributed by atoms with Crippen molar-refractivity contribution < 1.29 is 0 Å². The molecule has 0 aliphatic rings. The van der Waals surface area contributed by atoms with Gasteiger partial charge in [0, 0.05) is 24.0 Å². The van der Waals surface area contributed by atoms with E-state index in [0.29, 0.717) is 0 Å². The summed E-state index contributed by atoms with van der Waals surface area (Å²) in [6.07, 6.45) is 0.880. The lowest BCUT2D eigenvalue weighted by molar-refractivity contribution is 0.584. The maximum Gasteiger partial charge on any atom is 0.0453 e. The molecule has 0 saturated carbocycles. The van der Waals surface area contributed by atoms with Gasteiger partial charge in [-0.25, -0.2) is 0 Å². The van der Waals surface area contributed by atoms with Crippen LogP contribution in [0.5, 0.6) is 0 Å². The first kappa shape index (κ1) is 12.1. The van der Waals surface area contributed by atoms with Crippen molar-refractivity contribution in [1.82, 2.24) is 5.32 Å². The van der Waals surface area contributed by atoms with Crippen LogP contribution in [0, 0.1) is 11.8 Å². The van der Waals surface area contributed by atoms with Crippen LogP contribution in [-0.4, -0.2) is 6.54 Å². The molecule has 0 aliphatic heterocycles. The van der Waals surface area contributed by atoms with Gasteiger partial charge in [-0.05, 0) is 25.5 Å². The van der Waals surface area contributed by atoms with Gasteiger partial charge < -0.3 is 5.32 Å². The molecule has 1 aromatic carbocycles. The normalized spacial score (nSPS) is 11.7. The first-order chi connectivity index (χ1) is 7.25. The molecule has 1 rings (SSSR count). The second kappa shape index (κ2) is 6.50. The van der Waals surface area contributed by atoms with Gasteiger partial charge in [-0.2, -0.15) is 0 Å². The highest BCUT2D eigenvalue weighted by Gasteiger charge is 2.06. The molecule has 1 nitrogen and oxygen atoms in total. The molecule has 1 aromatic rings. The summed E-state index contributed by atoms with van der Waals surface area (Å²) >= 11 is 6.09. The van der Waals surface area contributed by atoms with E-state index in [1.165, 1.54) is 0 Å². The third-order valence-electron chi connectivity index (χ3n) is 2.25. The van der Waals surface area contributed by atoms with Gasteiger partial charge in [0.2, 0.25) is 0 Å². The third kappa shape index (κ3) is 3.95. The van der Waals surface area contributed by atoms with E-state index in [2.05, 4.69) is 24.1 Å². The van der Waals surface area contributed by atoms with E-state index in [9.17, 15) is 0 Å². The molecule has 1 N–H and O–H groups in total. The lowest BCUT2D eigenvalue weighted by atomic mass is 10.1. The van der Waals surface area contributed by atoms with Crippen LogP contribution in [-0.2, 0) is 0 Å². The minimum atomic E-state index is 0.275. The van der Waals surface area contributed by atoms with Crippen molar-refractivity contribution in [1.29, 1.82) is 0 Å². The zero-order valence-corrected chi connectivity index (χ0v) is 9.93. The Morgan fingerprint density at radius 2 is 2.13 bits per heavy atom. The van der Waals surface area contributed by atoms with Gasteiger partial charge in [0.25, 0.3) is 0 Å². The van der Waals surface area contributed by atoms with Gasteiger partial charge in [-0.3, -0.25) is 0 Å². The second-order valence-corrected chi connectivity index (χ2v) is 3.78. The SMILES string of the molecule is CC#CCCNC(C)c1ccccc1Cl. The van der Waals surface area contributed by atoms with Crippen molar-refractivity contribution in [2.75, 3.05) is 6.54 Å². The number of halogens is 1. The number of hydrogen-bond acceptors (Lipinski definition) is 1. The van der Waals surface area contributed by atoms with Crippen molar-refractivity contribution in [2.45, 2.75) is 26.3 Å². The molecule has 80 valence electrons. The third-order valence-corrected chi connectivity index (χ3v) is 2.59. The van der Waals surface area contributed by atoms with Gasteiger partial charge in [0.05, 0.1) is 0 Å². The summed E-state index contributed by atoms with van der Waals surface area (Å²) in [5.74, 6) is 5.90. The molecule has 0 fully saturated rings. The zero-order chi connectivity index (χ0) is 11.1. The molecule has 0 heterocycles. The van der Waals surface area contributed by atoms with Gasteiger partial charge in [-0.1, -0.05) is 29.8 Å². The van der Waals surface area contributed by atoms with Crippen LogP contribution >= 0.6 is 11.6 Å². The number of nitrogens with one attached hydrogen (secondary N) is 1. The van der Waals surface area contributed by atoms with Crippen LogP contribution in [0.2, 0.25) is 5.02 Å². The number of hydrogen-bond donors (Lipinski definition) is 1. The number of rotatable bonds is 4. The minimum absolute atomic E-state index is 0.275. The maximum atomic E-state index is 6.09. The van der Waals surface area contributed by atoms with E-state index in [1.807, 2.05) is 31.2 Å². The summed E-state index contributed by atoms with van der Waals surface area (Å²) in [7, 11) is 0. The highest BCUT2D eigenvalue weighted by molar-refractivity contribution is 6.31. The van der Waals surface area contributed by atoms with Crippen molar-refractivity contribution >= 4 is 11.6 Å². The first-order valence-corrected chi connectivity index (χ1v) is 5.51. The van der Waals surface area contributed by atoms with Crippen molar-refractivity contribution in [3.05, 3.63) is 34.9 Å². The Kier molecular flexibility index (Phi) is 5.25. The summed E-state index contributed by atoms with van der Waals surface area (Å²) in [5.41, 5.74) is 1.14. The lowest BCUT2D eigenvalue weighted by Gasteiger charge is -2.14. The molecule has 0 spiro atoms. The fourth-order valence-electron chi connectivity index (χ4n) is 1.41. The van der Waals surface area contributed by atoms with E-state index in [-0.39, 0.29) is 6.04 Å². The van der Waals surface area contributed by atoms with E-state index in [1.54, 1.807) is 0 Å². The predicted octanol–water partition coefficient (Wildman–Crippen LogP) is 3.40. The summed E-state index contributed by atoms with van der Waals surface area (Å²) in [5, 5.41) is 4.21. The van der Waals surface area contributed by atoms with E-state index < -0.39 is 0 Å². The Hall–Kier alpha value is -0.970. The molecule has 0 amide bonds. The fourth-order valence-corrected chi connectivity index (χ4v) is 1.71. The van der Waals surface area contributed by atoms with Gasteiger partial charge in [0.1, 0.15) is 0 Å². The van der Waals surface area contributed by atoms with E-state index >= 15 is 0 Å². The average molecular weight is 222 g/mol. The highest BCUT2D eigenvalue weighted by Crippen LogP contribution is 2.21. The molecule has 0 saturated heterocycles. The van der Waals surface area contributed by atoms with Crippen LogP contribution in [0.25, 0.3) is 0 Å². The van der Waals surface area contributed by atoms with Crippen molar-refractivity contribution in [3.63, 3.8) is 0 Å². The Labute approximate surface area is 96.8 Å². The van der Waals surface area contributed by atoms with Crippen LogP contribution in [0.4, 0.5) is 0 Å². The standard InChI is InChI=1S/C13H16ClN/c1-3-4-7-10-15-11(2)12-8-5-6-9-13(12)14/h5-6,8-9,11,15H,7,10H2,1-2H3. The zero-order valence-electron chi connectivity index (χ0n) is 9.18. The average Bonchev–Trinajstić information content (AvgIpc) is 2.25. The molecule has 1 atom stereocenters. The second-order valence-electron chi connectivity index (χ2n) is 3.37. The molecule has 15 heavy (non-hydrogen) atoms. The quantitative estimate of drug-likeness (QED) is 0.607. The largest absolute Gasteiger partial charge is 0.309 e. The Balaban J connectivity index is 2.49. The summed E-state index contributed by atoms with van der Waals surface area (Å²) in [6.45, 7) is 4.87. The fraction of sp³-hybridized carbons (Fsp3) is 0.385. The molecule has 0 aromatic heterocycles. The van der Waals surface area contributed by atoms with Crippen LogP contribution in [0.3, 0.4) is 0 Å². The monoisotopic (exact) mass is 221 g/mol. The maximum absolute atomic E-state index is 6.09. The molecular formula is C13H16ClN. The molecule has 0 radical (unpaired) electrons. The summed E-state index contributed by atoms with van der Waals surface area (Å²) in [4.78, 5) is 0. The molecular weight excluding hydrogens is 206 g/mol. The van der Waals surface area contributed by atoms with Crippen LogP contribution < -0.4 is 5.32 Å². The Morgan fingerprint density at radius 3 is 2.80 bits per heavy atom. The van der Waals surface area contributed by atoms with E-state index in [0.717, 1.165) is 23.6 Å². The Bertz CT molecular complexity index is 362. The van der Waals surface area contributed by atoms with Gasteiger partial charge in [0.15, 0.2) is 0 Å². The lowest BCUT2D eigenvalue weighted by Crippen LogP contribution is -2.19. The van der Waals surface area contributed by atoms with Crippen molar-refractivity contribution in [2.24, 2.45) is 0 Å². The van der Waals surface area contributed by atoms with Crippen LogP contribution in [0.1, 0.15) is 31.9 Å². The molecule has 2 heteroatoms. The predicted molar refractivity (Wildman–Crippen MR) is 65.9 cm³/mol. The van der Waals surface area contributed by atoms with E-state index in [4.69, 9.17) is 11.6 Å². The molecule has 0 bridgehead atoms. The first-order valence-electron chi connectivity index (χ1n) is 5.13. The van der Waals surface area contributed by atoms with Crippen molar-refractivity contribution in [3.8, 4) is 11.8 Å². The van der Waals surface area contributed by atoms with Gasteiger partial charge in [-0.15, -0.1) is 11.8 Å². The highest BCUT2D eigenvalue weighted by atomic mass is 35.5. The molecule has 0 aliphatic carbocycles. The minimum Gasteiger partial charge on any atom is -0.309 e.